The Hall–Kier alpha value is -0.770. The smallest absolute Gasteiger partial charge is 0.191 e. The minimum atomic E-state index is 0.0610. The molecule has 1 heterocycles. The van der Waals surface area contributed by atoms with E-state index < -0.39 is 0 Å². The molecule has 1 fully saturated rings. The Labute approximate surface area is 131 Å². The minimum absolute atomic E-state index is 0.0610. The molecule has 2 N–H and O–H groups in total. The van der Waals surface area contributed by atoms with Crippen molar-refractivity contribution in [2.75, 3.05) is 32.7 Å². The Balaban J connectivity index is 2.19. The zero-order valence-corrected chi connectivity index (χ0v) is 14.8. The summed E-state index contributed by atoms with van der Waals surface area (Å²) in [4.78, 5) is 7.28. The van der Waals surface area contributed by atoms with Gasteiger partial charge in [0.15, 0.2) is 5.96 Å². The molecule has 0 aromatic heterocycles. The summed E-state index contributed by atoms with van der Waals surface area (Å²) in [6.45, 7) is 16.6. The van der Waals surface area contributed by atoms with Gasteiger partial charge < -0.3 is 15.5 Å². The molecule has 0 radical (unpaired) electrons. The molecule has 4 heteroatoms. The van der Waals surface area contributed by atoms with Crippen LogP contribution in [-0.4, -0.2) is 49.1 Å². The lowest BCUT2D eigenvalue weighted by molar-refractivity contribution is 0.190. The van der Waals surface area contributed by atoms with Gasteiger partial charge in [-0.2, -0.15) is 0 Å². The van der Waals surface area contributed by atoms with E-state index in [9.17, 15) is 0 Å². The van der Waals surface area contributed by atoms with Crippen molar-refractivity contribution in [3.8, 4) is 0 Å². The van der Waals surface area contributed by atoms with Crippen LogP contribution >= 0.6 is 0 Å². The molecule has 1 saturated heterocycles. The molecule has 124 valence electrons. The first-order valence-corrected chi connectivity index (χ1v) is 8.69. The topological polar surface area (TPSA) is 39.7 Å². The van der Waals surface area contributed by atoms with Gasteiger partial charge in [0, 0.05) is 18.6 Å². The highest BCUT2D eigenvalue weighted by Gasteiger charge is 2.14. The highest BCUT2D eigenvalue weighted by atomic mass is 15.2. The van der Waals surface area contributed by atoms with E-state index in [1.54, 1.807) is 0 Å². The first kappa shape index (κ1) is 18.3. The SMILES string of the molecule is CCNC(=NCCCCN1CCC(C)CC1)NC(C)(C)C. The van der Waals surface area contributed by atoms with Crippen LogP contribution in [0.15, 0.2) is 4.99 Å². The van der Waals surface area contributed by atoms with E-state index in [0.29, 0.717) is 0 Å². The Bertz CT molecular complexity index is 298. The minimum Gasteiger partial charge on any atom is -0.357 e. The lowest BCUT2D eigenvalue weighted by atomic mass is 9.99. The summed E-state index contributed by atoms with van der Waals surface area (Å²) < 4.78 is 0. The number of piperidine rings is 1. The molecular weight excluding hydrogens is 260 g/mol. The zero-order chi connectivity index (χ0) is 15.7. The van der Waals surface area contributed by atoms with E-state index >= 15 is 0 Å². The molecular formula is C17H36N4. The van der Waals surface area contributed by atoms with E-state index in [0.717, 1.165) is 25.0 Å². The second-order valence-electron chi connectivity index (χ2n) is 7.37. The largest absolute Gasteiger partial charge is 0.357 e. The Morgan fingerprint density at radius 1 is 1.19 bits per heavy atom. The molecule has 0 spiro atoms. The van der Waals surface area contributed by atoms with Crippen molar-refractivity contribution in [3.05, 3.63) is 0 Å². The number of unbranched alkanes of at least 4 members (excludes halogenated alkanes) is 1. The van der Waals surface area contributed by atoms with Gasteiger partial charge in [-0.3, -0.25) is 4.99 Å². The third-order valence-electron chi connectivity index (χ3n) is 3.87. The van der Waals surface area contributed by atoms with Gasteiger partial charge in [0.25, 0.3) is 0 Å². The number of nitrogens with zero attached hydrogens (tertiary/aromatic N) is 2. The summed E-state index contributed by atoms with van der Waals surface area (Å²) in [6, 6.07) is 0. The van der Waals surface area contributed by atoms with E-state index in [2.05, 4.69) is 55.1 Å². The van der Waals surface area contributed by atoms with Gasteiger partial charge in [-0.05, 0) is 78.9 Å². The summed E-state index contributed by atoms with van der Waals surface area (Å²) >= 11 is 0. The van der Waals surface area contributed by atoms with Crippen LogP contribution in [0.2, 0.25) is 0 Å². The van der Waals surface area contributed by atoms with Crippen molar-refractivity contribution in [3.63, 3.8) is 0 Å². The predicted molar refractivity (Wildman–Crippen MR) is 92.9 cm³/mol. The summed E-state index contributed by atoms with van der Waals surface area (Å²) in [7, 11) is 0. The van der Waals surface area contributed by atoms with Gasteiger partial charge in [0.2, 0.25) is 0 Å². The molecule has 1 rings (SSSR count). The maximum Gasteiger partial charge on any atom is 0.191 e. The molecule has 0 aromatic carbocycles. The van der Waals surface area contributed by atoms with Gasteiger partial charge in [0.05, 0.1) is 0 Å². The van der Waals surface area contributed by atoms with Crippen LogP contribution in [0.4, 0.5) is 0 Å². The second kappa shape index (κ2) is 9.29. The quantitative estimate of drug-likeness (QED) is 0.450. The van der Waals surface area contributed by atoms with Crippen molar-refractivity contribution < 1.29 is 0 Å². The molecule has 0 saturated carbocycles. The summed E-state index contributed by atoms with van der Waals surface area (Å²) in [5.41, 5.74) is 0.0610. The molecule has 0 atom stereocenters. The Morgan fingerprint density at radius 2 is 1.86 bits per heavy atom. The van der Waals surface area contributed by atoms with Crippen LogP contribution < -0.4 is 10.6 Å². The van der Waals surface area contributed by atoms with Crippen molar-refractivity contribution in [2.45, 2.75) is 65.8 Å². The van der Waals surface area contributed by atoms with Crippen LogP contribution in [0.5, 0.6) is 0 Å². The highest BCUT2D eigenvalue weighted by molar-refractivity contribution is 5.80. The average Bonchev–Trinajstić information content (AvgIpc) is 2.39. The maximum atomic E-state index is 4.67. The lowest BCUT2D eigenvalue weighted by Gasteiger charge is -2.30. The Morgan fingerprint density at radius 3 is 2.43 bits per heavy atom. The van der Waals surface area contributed by atoms with Gasteiger partial charge in [-0.1, -0.05) is 6.92 Å². The van der Waals surface area contributed by atoms with E-state index in [-0.39, 0.29) is 5.54 Å². The van der Waals surface area contributed by atoms with Gasteiger partial charge in [-0.15, -0.1) is 0 Å². The van der Waals surface area contributed by atoms with Crippen molar-refractivity contribution in [2.24, 2.45) is 10.9 Å². The number of aliphatic imine (C=N–C) groups is 1. The molecule has 1 aliphatic heterocycles. The Kier molecular flexibility index (Phi) is 8.09. The van der Waals surface area contributed by atoms with Gasteiger partial charge in [-0.25, -0.2) is 0 Å². The van der Waals surface area contributed by atoms with E-state index in [1.807, 2.05) is 0 Å². The van der Waals surface area contributed by atoms with E-state index in [4.69, 9.17) is 0 Å². The summed E-state index contributed by atoms with van der Waals surface area (Å²) in [6.07, 6.45) is 5.18. The fourth-order valence-electron chi connectivity index (χ4n) is 2.59. The van der Waals surface area contributed by atoms with Crippen LogP contribution in [0.25, 0.3) is 0 Å². The molecule has 0 unspecified atom stereocenters. The van der Waals surface area contributed by atoms with Crippen LogP contribution in [0.3, 0.4) is 0 Å². The number of hydrogen-bond donors (Lipinski definition) is 2. The third kappa shape index (κ3) is 8.97. The van der Waals surface area contributed by atoms with Crippen LogP contribution in [0.1, 0.15) is 60.3 Å². The van der Waals surface area contributed by atoms with Crippen LogP contribution in [-0.2, 0) is 0 Å². The van der Waals surface area contributed by atoms with Crippen molar-refractivity contribution in [1.82, 2.24) is 15.5 Å². The van der Waals surface area contributed by atoms with Crippen LogP contribution in [0, 0.1) is 5.92 Å². The standard InChI is InChI=1S/C17H36N4/c1-6-18-16(20-17(3,4)5)19-11-7-8-12-21-13-9-15(2)10-14-21/h15H,6-14H2,1-5H3,(H2,18,19,20). The fraction of sp³-hybridized carbons (Fsp3) is 0.941. The molecule has 1 aliphatic rings. The summed E-state index contributed by atoms with van der Waals surface area (Å²) in [5.74, 6) is 1.87. The second-order valence-corrected chi connectivity index (χ2v) is 7.37. The first-order chi connectivity index (χ1) is 9.90. The predicted octanol–water partition coefficient (Wildman–Crippen LogP) is 2.85. The lowest BCUT2D eigenvalue weighted by Crippen LogP contribution is -2.47. The highest BCUT2D eigenvalue weighted by Crippen LogP contribution is 2.16. The molecule has 0 aliphatic carbocycles. The number of nitrogens with one attached hydrogen (secondary N) is 2. The molecule has 21 heavy (non-hydrogen) atoms. The molecule has 0 aromatic rings. The molecule has 4 nitrogen and oxygen atoms in total. The normalized spacial score (nSPS) is 18.8. The number of guanidine groups is 1. The maximum absolute atomic E-state index is 4.67. The molecule has 0 amide bonds. The fourth-order valence-corrected chi connectivity index (χ4v) is 2.59. The van der Waals surface area contributed by atoms with Crippen molar-refractivity contribution in [1.29, 1.82) is 0 Å². The number of rotatable bonds is 6. The number of likely N-dealkylation sites (tertiary alicyclic amines) is 1. The zero-order valence-electron chi connectivity index (χ0n) is 14.8. The van der Waals surface area contributed by atoms with Gasteiger partial charge in [0.1, 0.15) is 0 Å². The molecule has 0 bridgehead atoms. The number of hydrogen-bond acceptors (Lipinski definition) is 2. The third-order valence-corrected chi connectivity index (χ3v) is 3.87. The van der Waals surface area contributed by atoms with Gasteiger partial charge >= 0.3 is 0 Å². The average molecular weight is 297 g/mol. The van der Waals surface area contributed by atoms with Crippen molar-refractivity contribution >= 4 is 5.96 Å². The summed E-state index contributed by atoms with van der Waals surface area (Å²) in [5, 5.41) is 6.74. The van der Waals surface area contributed by atoms with E-state index in [1.165, 1.54) is 45.3 Å². The monoisotopic (exact) mass is 296 g/mol. The first-order valence-electron chi connectivity index (χ1n) is 8.69.